The summed E-state index contributed by atoms with van der Waals surface area (Å²) >= 11 is 0. The van der Waals surface area contributed by atoms with Crippen molar-refractivity contribution < 1.29 is 9.53 Å². The number of benzene rings is 1. The number of ether oxygens (including phenoxy) is 1. The van der Waals surface area contributed by atoms with Gasteiger partial charge in [-0.3, -0.25) is 0 Å². The molecule has 0 N–H and O–H groups in total. The highest BCUT2D eigenvalue weighted by Gasteiger charge is 2.33. The molecule has 0 saturated heterocycles. The molecule has 2 nitrogen and oxygen atoms in total. The summed E-state index contributed by atoms with van der Waals surface area (Å²) in [7, 11) is 0. The van der Waals surface area contributed by atoms with Crippen LogP contribution in [0.3, 0.4) is 0 Å². The molecule has 2 atom stereocenters. The smallest absolute Gasteiger partial charge is 0.334 e. The number of esters is 1. The van der Waals surface area contributed by atoms with Gasteiger partial charge < -0.3 is 4.74 Å². The first-order chi connectivity index (χ1) is 9.06. The Hall–Kier alpha value is -1.57. The van der Waals surface area contributed by atoms with Gasteiger partial charge in [-0.1, -0.05) is 12.1 Å². The molecule has 2 aliphatic rings. The van der Waals surface area contributed by atoms with E-state index >= 15 is 0 Å². The van der Waals surface area contributed by atoms with E-state index in [0.717, 1.165) is 18.4 Å². The summed E-state index contributed by atoms with van der Waals surface area (Å²) in [4.78, 5) is 11.6. The fourth-order valence-electron chi connectivity index (χ4n) is 3.23. The van der Waals surface area contributed by atoms with Crippen LogP contribution in [0.5, 0.6) is 0 Å². The Morgan fingerprint density at radius 3 is 2.58 bits per heavy atom. The number of rotatable bonds is 1. The van der Waals surface area contributed by atoms with Crippen LogP contribution in [0.4, 0.5) is 0 Å². The van der Waals surface area contributed by atoms with Crippen LogP contribution in [0.15, 0.2) is 23.8 Å². The van der Waals surface area contributed by atoms with Crippen molar-refractivity contribution in [1.29, 1.82) is 0 Å². The number of aryl methyl sites for hydroxylation is 3. The fraction of sp³-hybridized carbons (Fsp3) is 0.471. The summed E-state index contributed by atoms with van der Waals surface area (Å²) in [6, 6.07) is 4.61. The first-order valence-electron chi connectivity index (χ1n) is 7.05. The zero-order valence-electron chi connectivity index (χ0n) is 11.8. The Balaban J connectivity index is 1.99. The Morgan fingerprint density at radius 2 is 1.89 bits per heavy atom. The summed E-state index contributed by atoms with van der Waals surface area (Å²) < 4.78 is 5.51. The molecule has 100 valence electrons. The first-order valence-corrected chi connectivity index (χ1v) is 7.05. The average molecular weight is 256 g/mol. The standard InChI is InChI=1S/C17H20O2/c1-10-7-13-5-4-6-14(15(13)8-11(10)2)16-9-12(3)17(18)19-16/h7-9,14,16H,4-6H2,1-3H3/t14-,16+/m1/s1. The van der Waals surface area contributed by atoms with Crippen LogP contribution in [0.2, 0.25) is 0 Å². The van der Waals surface area contributed by atoms with Crippen molar-refractivity contribution in [3.8, 4) is 0 Å². The monoisotopic (exact) mass is 256 g/mol. The van der Waals surface area contributed by atoms with Crippen LogP contribution in [-0.4, -0.2) is 12.1 Å². The minimum absolute atomic E-state index is 0.0614. The largest absolute Gasteiger partial charge is 0.454 e. The van der Waals surface area contributed by atoms with Crippen LogP contribution in [0, 0.1) is 13.8 Å². The molecule has 1 heterocycles. The summed E-state index contributed by atoms with van der Waals surface area (Å²) in [5.74, 6) is 0.186. The number of carbonyl (C=O) groups is 1. The Kier molecular flexibility index (Phi) is 2.96. The van der Waals surface area contributed by atoms with Gasteiger partial charge in [-0.2, -0.15) is 0 Å². The first kappa shape index (κ1) is 12.5. The van der Waals surface area contributed by atoms with E-state index in [9.17, 15) is 4.79 Å². The molecule has 0 saturated carbocycles. The molecule has 1 aromatic carbocycles. The van der Waals surface area contributed by atoms with Gasteiger partial charge in [0, 0.05) is 11.5 Å². The lowest BCUT2D eigenvalue weighted by Crippen LogP contribution is -2.23. The Bertz CT molecular complexity index is 569. The van der Waals surface area contributed by atoms with Gasteiger partial charge in [-0.25, -0.2) is 4.79 Å². The molecule has 0 amide bonds. The quantitative estimate of drug-likeness (QED) is 0.718. The molecular formula is C17H20O2. The second-order valence-corrected chi connectivity index (χ2v) is 5.85. The zero-order valence-corrected chi connectivity index (χ0v) is 11.8. The highest BCUT2D eigenvalue weighted by molar-refractivity contribution is 5.90. The minimum atomic E-state index is -0.152. The van der Waals surface area contributed by atoms with E-state index in [0.29, 0.717) is 5.92 Å². The number of hydrogen-bond acceptors (Lipinski definition) is 2. The van der Waals surface area contributed by atoms with Crippen molar-refractivity contribution in [2.75, 3.05) is 0 Å². The molecule has 0 aromatic heterocycles. The van der Waals surface area contributed by atoms with E-state index in [1.807, 2.05) is 13.0 Å². The number of carbonyl (C=O) groups excluding carboxylic acids is 1. The molecule has 0 fully saturated rings. The predicted octanol–water partition coefficient (Wildman–Crippen LogP) is 3.60. The Labute approximate surface area is 114 Å². The molecule has 1 aliphatic heterocycles. The second-order valence-electron chi connectivity index (χ2n) is 5.85. The third kappa shape index (κ3) is 2.09. The van der Waals surface area contributed by atoms with E-state index < -0.39 is 0 Å². The molecule has 0 spiro atoms. The maximum Gasteiger partial charge on any atom is 0.334 e. The molecule has 1 aromatic rings. The van der Waals surface area contributed by atoms with Crippen molar-refractivity contribution in [3.05, 3.63) is 46.0 Å². The SMILES string of the molecule is CC1=C[C@@H]([C@@H]2CCCc3cc(C)c(C)cc32)OC1=O. The van der Waals surface area contributed by atoms with E-state index in [2.05, 4.69) is 26.0 Å². The lowest BCUT2D eigenvalue weighted by Gasteiger charge is -2.29. The van der Waals surface area contributed by atoms with Crippen LogP contribution in [-0.2, 0) is 16.0 Å². The third-order valence-corrected chi connectivity index (χ3v) is 4.49. The summed E-state index contributed by atoms with van der Waals surface area (Å²) in [6.45, 7) is 6.16. The minimum Gasteiger partial charge on any atom is -0.454 e. The van der Waals surface area contributed by atoms with Gasteiger partial charge in [0.05, 0.1) is 0 Å². The van der Waals surface area contributed by atoms with Crippen LogP contribution in [0.1, 0.15) is 47.9 Å². The van der Waals surface area contributed by atoms with Gasteiger partial charge in [0.25, 0.3) is 0 Å². The molecule has 0 bridgehead atoms. The van der Waals surface area contributed by atoms with Gasteiger partial charge in [-0.15, -0.1) is 0 Å². The Morgan fingerprint density at radius 1 is 1.16 bits per heavy atom. The lowest BCUT2D eigenvalue weighted by molar-refractivity contribution is -0.140. The van der Waals surface area contributed by atoms with Gasteiger partial charge in [0.2, 0.25) is 0 Å². The average Bonchev–Trinajstić information content (AvgIpc) is 2.70. The predicted molar refractivity (Wildman–Crippen MR) is 75.2 cm³/mol. The molecule has 3 rings (SSSR count). The van der Waals surface area contributed by atoms with Crippen molar-refractivity contribution in [3.63, 3.8) is 0 Å². The van der Waals surface area contributed by atoms with Gasteiger partial charge in [0.1, 0.15) is 6.10 Å². The van der Waals surface area contributed by atoms with Crippen molar-refractivity contribution >= 4 is 5.97 Å². The third-order valence-electron chi connectivity index (χ3n) is 4.49. The number of cyclic esters (lactones) is 1. The van der Waals surface area contributed by atoms with E-state index in [1.54, 1.807) is 0 Å². The van der Waals surface area contributed by atoms with E-state index in [4.69, 9.17) is 4.74 Å². The second kappa shape index (κ2) is 4.52. The fourth-order valence-corrected chi connectivity index (χ4v) is 3.23. The maximum absolute atomic E-state index is 11.6. The topological polar surface area (TPSA) is 26.3 Å². The van der Waals surface area contributed by atoms with Gasteiger partial charge in [-0.05, 0) is 68.4 Å². The van der Waals surface area contributed by atoms with Crippen molar-refractivity contribution in [2.24, 2.45) is 0 Å². The molecular weight excluding hydrogens is 236 g/mol. The highest BCUT2D eigenvalue weighted by Crippen LogP contribution is 2.39. The zero-order chi connectivity index (χ0) is 13.6. The summed E-state index contributed by atoms with van der Waals surface area (Å²) in [5.41, 5.74) is 6.26. The molecule has 0 unspecified atom stereocenters. The highest BCUT2D eigenvalue weighted by atomic mass is 16.5. The molecule has 0 radical (unpaired) electrons. The van der Waals surface area contributed by atoms with Crippen molar-refractivity contribution in [2.45, 2.75) is 52.1 Å². The lowest BCUT2D eigenvalue weighted by atomic mass is 9.78. The molecule has 2 heteroatoms. The van der Waals surface area contributed by atoms with Crippen LogP contribution in [0.25, 0.3) is 0 Å². The van der Waals surface area contributed by atoms with Crippen LogP contribution < -0.4 is 0 Å². The maximum atomic E-state index is 11.6. The number of hydrogen-bond donors (Lipinski definition) is 0. The van der Waals surface area contributed by atoms with Gasteiger partial charge in [0.15, 0.2) is 0 Å². The summed E-state index contributed by atoms with van der Waals surface area (Å²) in [6.07, 6.45) is 5.38. The molecule has 19 heavy (non-hydrogen) atoms. The normalized spacial score (nSPS) is 25.8. The van der Waals surface area contributed by atoms with Crippen molar-refractivity contribution in [1.82, 2.24) is 0 Å². The van der Waals surface area contributed by atoms with E-state index in [1.165, 1.54) is 28.7 Å². The molecule has 1 aliphatic carbocycles. The van der Waals surface area contributed by atoms with Gasteiger partial charge >= 0.3 is 5.97 Å². The van der Waals surface area contributed by atoms with Crippen LogP contribution >= 0.6 is 0 Å². The number of fused-ring (bicyclic) bond motifs is 1. The summed E-state index contributed by atoms with van der Waals surface area (Å²) in [5, 5.41) is 0. The van der Waals surface area contributed by atoms with E-state index in [-0.39, 0.29) is 12.1 Å².